The van der Waals surface area contributed by atoms with Crippen LogP contribution in [0.25, 0.3) is 0 Å². The maximum Gasteiger partial charge on any atom is 0.433 e. The van der Waals surface area contributed by atoms with Gasteiger partial charge in [-0.15, -0.1) is 0 Å². The second-order valence-corrected chi connectivity index (χ2v) is 4.01. The highest BCUT2D eigenvalue weighted by Crippen LogP contribution is 2.29. The van der Waals surface area contributed by atoms with E-state index < -0.39 is 11.9 Å². The van der Waals surface area contributed by atoms with E-state index in [0.29, 0.717) is 5.92 Å². The molecular formula is C11H14F3N. The van der Waals surface area contributed by atoms with Gasteiger partial charge in [0.15, 0.2) is 0 Å². The van der Waals surface area contributed by atoms with Crippen LogP contribution in [0, 0.1) is 5.92 Å². The summed E-state index contributed by atoms with van der Waals surface area (Å²) in [5.41, 5.74) is 0.0141. The van der Waals surface area contributed by atoms with Crippen molar-refractivity contribution in [3.8, 4) is 0 Å². The number of halogens is 3. The number of alkyl halides is 3. The van der Waals surface area contributed by atoms with Crippen LogP contribution in [0.5, 0.6) is 0 Å². The Balaban J connectivity index is 2.91. The van der Waals surface area contributed by atoms with E-state index in [0.717, 1.165) is 11.6 Å². The van der Waals surface area contributed by atoms with Crippen LogP contribution < -0.4 is 0 Å². The molecule has 1 heterocycles. The summed E-state index contributed by atoms with van der Waals surface area (Å²) in [6.07, 6.45) is -3.03. The molecule has 0 saturated heterocycles. The maximum atomic E-state index is 12.2. The van der Waals surface area contributed by atoms with Crippen LogP contribution in [0.15, 0.2) is 18.3 Å². The molecule has 1 atom stereocenters. The molecule has 1 aromatic rings. The predicted molar refractivity (Wildman–Crippen MR) is 52.5 cm³/mol. The van der Waals surface area contributed by atoms with Gasteiger partial charge in [-0.1, -0.05) is 26.8 Å². The number of aromatic nitrogens is 1. The Hall–Kier alpha value is -1.06. The zero-order valence-corrected chi connectivity index (χ0v) is 8.97. The molecule has 4 heteroatoms. The van der Waals surface area contributed by atoms with Gasteiger partial charge < -0.3 is 0 Å². The Morgan fingerprint density at radius 1 is 1.13 bits per heavy atom. The Labute approximate surface area is 87.3 Å². The van der Waals surface area contributed by atoms with Crippen LogP contribution in [0.2, 0.25) is 0 Å². The highest BCUT2D eigenvalue weighted by molar-refractivity contribution is 5.19. The van der Waals surface area contributed by atoms with Crippen molar-refractivity contribution < 1.29 is 13.2 Å². The second-order valence-electron chi connectivity index (χ2n) is 4.01. The molecule has 1 aromatic heterocycles. The molecule has 0 N–H and O–H groups in total. The van der Waals surface area contributed by atoms with Gasteiger partial charge in [-0.25, -0.2) is 0 Å². The first kappa shape index (κ1) is 12.0. The number of nitrogens with zero attached hydrogens (tertiary/aromatic N) is 1. The molecule has 1 rings (SSSR count). The van der Waals surface area contributed by atoms with Gasteiger partial charge in [0.05, 0.1) is 0 Å². The van der Waals surface area contributed by atoms with Gasteiger partial charge in [-0.3, -0.25) is 4.98 Å². The number of hydrogen-bond acceptors (Lipinski definition) is 1. The summed E-state index contributed by atoms with van der Waals surface area (Å²) >= 11 is 0. The zero-order chi connectivity index (χ0) is 11.6. The van der Waals surface area contributed by atoms with Gasteiger partial charge in [0.2, 0.25) is 0 Å². The highest BCUT2D eigenvalue weighted by Gasteiger charge is 2.32. The fraction of sp³-hybridized carbons (Fsp3) is 0.545. The zero-order valence-electron chi connectivity index (χ0n) is 8.97. The molecule has 0 fully saturated rings. The van der Waals surface area contributed by atoms with Crippen molar-refractivity contribution in [2.45, 2.75) is 32.9 Å². The van der Waals surface area contributed by atoms with Crippen molar-refractivity contribution in [2.24, 2.45) is 5.92 Å². The Bertz CT molecular complexity index is 314. The number of hydrogen-bond donors (Lipinski definition) is 0. The normalized spacial score (nSPS) is 14.3. The largest absolute Gasteiger partial charge is 0.433 e. The van der Waals surface area contributed by atoms with Crippen molar-refractivity contribution in [3.63, 3.8) is 0 Å². The maximum absolute atomic E-state index is 12.2. The monoisotopic (exact) mass is 217 g/mol. The second kappa shape index (κ2) is 4.21. The van der Waals surface area contributed by atoms with Crippen molar-refractivity contribution >= 4 is 0 Å². The van der Waals surface area contributed by atoms with Gasteiger partial charge in [-0.05, 0) is 23.5 Å². The minimum absolute atomic E-state index is 0.222. The lowest BCUT2D eigenvalue weighted by Crippen LogP contribution is -2.09. The standard InChI is InChI=1S/C11H14F3N/c1-7(2)8(3)9-4-5-10(15-6-9)11(12,13)14/h4-8H,1-3H3/t8-/m0/s1. The number of rotatable bonds is 2. The SMILES string of the molecule is CC(C)[C@H](C)c1ccc(C(F)(F)F)nc1. The molecule has 0 bridgehead atoms. The Morgan fingerprint density at radius 3 is 2.07 bits per heavy atom. The van der Waals surface area contributed by atoms with Crippen LogP contribution in [0.1, 0.15) is 37.9 Å². The molecule has 15 heavy (non-hydrogen) atoms. The minimum Gasteiger partial charge on any atom is -0.251 e. The Morgan fingerprint density at radius 2 is 1.73 bits per heavy atom. The van der Waals surface area contributed by atoms with E-state index in [4.69, 9.17) is 0 Å². The van der Waals surface area contributed by atoms with E-state index in [1.807, 2.05) is 20.8 Å². The summed E-state index contributed by atoms with van der Waals surface area (Å²) in [4.78, 5) is 3.43. The van der Waals surface area contributed by atoms with Crippen molar-refractivity contribution in [3.05, 3.63) is 29.6 Å². The molecule has 0 aromatic carbocycles. The fourth-order valence-electron chi connectivity index (χ4n) is 1.23. The molecule has 0 amide bonds. The molecule has 0 saturated carbocycles. The average Bonchev–Trinajstić information content (AvgIpc) is 2.15. The molecule has 0 spiro atoms. The van der Waals surface area contributed by atoms with Gasteiger partial charge in [0, 0.05) is 6.20 Å². The van der Waals surface area contributed by atoms with Gasteiger partial charge >= 0.3 is 6.18 Å². The van der Waals surface area contributed by atoms with Crippen LogP contribution in [-0.4, -0.2) is 4.98 Å². The van der Waals surface area contributed by atoms with Crippen LogP contribution in [0.3, 0.4) is 0 Å². The quantitative estimate of drug-likeness (QED) is 0.733. The summed E-state index contributed by atoms with van der Waals surface area (Å²) in [6, 6.07) is 2.54. The first-order valence-electron chi connectivity index (χ1n) is 4.85. The fourth-order valence-corrected chi connectivity index (χ4v) is 1.23. The lowest BCUT2D eigenvalue weighted by molar-refractivity contribution is -0.141. The third-order valence-corrected chi connectivity index (χ3v) is 2.60. The minimum atomic E-state index is -4.35. The highest BCUT2D eigenvalue weighted by atomic mass is 19.4. The van der Waals surface area contributed by atoms with Crippen LogP contribution >= 0.6 is 0 Å². The molecule has 1 nitrogen and oxygen atoms in total. The molecule has 0 aliphatic rings. The van der Waals surface area contributed by atoms with Crippen molar-refractivity contribution in [2.75, 3.05) is 0 Å². The van der Waals surface area contributed by atoms with E-state index in [-0.39, 0.29) is 5.92 Å². The molecule has 0 aliphatic heterocycles. The van der Waals surface area contributed by atoms with Gasteiger partial charge in [0.25, 0.3) is 0 Å². The predicted octanol–water partition coefficient (Wildman–Crippen LogP) is 3.86. The summed E-state index contributed by atoms with van der Waals surface area (Å²) in [5.74, 6) is 0.614. The molecule has 84 valence electrons. The van der Waals surface area contributed by atoms with E-state index in [1.54, 1.807) is 0 Å². The summed E-state index contributed by atoms with van der Waals surface area (Å²) in [6.45, 7) is 6.04. The average molecular weight is 217 g/mol. The lowest BCUT2D eigenvalue weighted by Gasteiger charge is -2.16. The third kappa shape index (κ3) is 2.94. The topological polar surface area (TPSA) is 12.9 Å². The first-order chi connectivity index (χ1) is 6.82. The van der Waals surface area contributed by atoms with E-state index in [9.17, 15) is 13.2 Å². The van der Waals surface area contributed by atoms with Crippen LogP contribution in [0.4, 0.5) is 13.2 Å². The number of pyridine rings is 1. The first-order valence-corrected chi connectivity index (χ1v) is 4.85. The van der Waals surface area contributed by atoms with E-state index >= 15 is 0 Å². The summed E-state index contributed by atoms with van der Waals surface area (Å²) in [5, 5.41) is 0. The van der Waals surface area contributed by atoms with Crippen molar-refractivity contribution in [1.82, 2.24) is 4.98 Å². The molecule has 0 aliphatic carbocycles. The molecule has 0 radical (unpaired) electrons. The van der Waals surface area contributed by atoms with E-state index in [1.165, 1.54) is 12.3 Å². The van der Waals surface area contributed by atoms with E-state index in [2.05, 4.69) is 4.98 Å². The third-order valence-electron chi connectivity index (χ3n) is 2.60. The van der Waals surface area contributed by atoms with Crippen molar-refractivity contribution in [1.29, 1.82) is 0 Å². The smallest absolute Gasteiger partial charge is 0.251 e. The van der Waals surface area contributed by atoms with Gasteiger partial charge in [0.1, 0.15) is 5.69 Å². The lowest BCUT2D eigenvalue weighted by atomic mass is 9.91. The summed E-state index contributed by atoms with van der Waals surface area (Å²) < 4.78 is 36.7. The molecule has 0 unspecified atom stereocenters. The summed E-state index contributed by atoms with van der Waals surface area (Å²) in [7, 11) is 0. The van der Waals surface area contributed by atoms with Gasteiger partial charge in [-0.2, -0.15) is 13.2 Å². The molecular weight excluding hydrogens is 203 g/mol. The van der Waals surface area contributed by atoms with Crippen LogP contribution in [-0.2, 0) is 6.18 Å². The Kier molecular flexibility index (Phi) is 3.37.